The SMILES string of the molecule is Cn1cc(CC(=O)c2cnc3ccccc3n2)nn1. The van der Waals surface area contributed by atoms with Crippen LogP contribution in [-0.4, -0.2) is 30.7 Å². The maximum absolute atomic E-state index is 12.1. The normalized spacial score (nSPS) is 10.8. The Bertz CT molecular complexity index is 749. The fraction of sp³-hybridized carbons (Fsp3) is 0.154. The zero-order valence-corrected chi connectivity index (χ0v) is 10.3. The zero-order chi connectivity index (χ0) is 13.2. The summed E-state index contributed by atoms with van der Waals surface area (Å²) in [6.45, 7) is 0. The summed E-state index contributed by atoms with van der Waals surface area (Å²) in [6, 6.07) is 7.45. The first-order chi connectivity index (χ1) is 9.22. The van der Waals surface area contributed by atoms with E-state index in [0.717, 1.165) is 5.52 Å². The molecule has 1 aromatic carbocycles. The quantitative estimate of drug-likeness (QED) is 0.655. The smallest absolute Gasteiger partial charge is 0.188 e. The van der Waals surface area contributed by atoms with Crippen molar-refractivity contribution in [2.45, 2.75) is 6.42 Å². The van der Waals surface area contributed by atoms with E-state index >= 15 is 0 Å². The van der Waals surface area contributed by atoms with Gasteiger partial charge < -0.3 is 0 Å². The molecule has 0 unspecified atom stereocenters. The highest BCUT2D eigenvalue weighted by molar-refractivity contribution is 5.96. The fourth-order valence-electron chi connectivity index (χ4n) is 1.82. The van der Waals surface area contributed by atoms with Crippen LogP contribution in [0, 0.1) is 0 Å². The lowest BCUT2D eigenvalue weighted by Crippen LogP contribution is -2.07. The van der Waals surface area contributed by atoms with Gasteiger partial charge in [-0.25, -0.2) is 4.98 Å². The number of benzene rings is 1. The lowest BCUT2D eigenvalue weighted by atomic mass is 10.2. The molecule has 94 valence electrons. The van der Waals surface area contributed by atoms with Crippen LogP contribution >= 0.6 is 0 Å². The molecule has 0 saturated heterocycles. The molecule has 3 aromatic rings. The van der Waals surface area contributed by atoms with E-state index in [1.165, 1.54) is 6.20 Å². The number of para-hydroxylation sites is 2. The Morgan fingerprint density at radius 3 is 2.79 bits per heavy atom. The van der Waals surface area contributed by atoms with Gasteiger partial charge >= 0.3 is 0 Å². The maximum atomic E-state index is 12.1. The van der Waals surface area contributed by atoms with Gasteiger partial charge in [0.15, 0.2) is 5.78 Å². The van der Waals surface area contributed by atoms with Gasteiger partial charge in [0.1, 0.15) is 5.69 Å². The maximum Gasteiger partial charge on any atom is 0.188 e. The lowest BCUT2D eigenvalue weighted by molar-refractivity contribution is 0.0987. The highest BCUT2D eigenvalue weighted by atomic mass is 16.1. The monoisotopic (exact) mass is 253 g/mol. The molecule has 0 atom stereocenters. The van der Waals surface area contributed by atoms with Gasteiger partial charge in [-0.15, -0.1) is 5.10 Å². The van der Waals surface area contributed by atoms with Crippen LogP contribution in [0.5, 0.6) is 0 Å². The van der Waals surface area contributed by atoms with Gasteiger partial charge in [-0.3, -0.25) is 14.5 Å². The van der Waals surface area contributed by atoms with Crippen LogP contribution in [0.1, 0.15) is 16.2 Å². The topological polar surface area (TPSA) is 73.6 Å². The average molecular weight is 253 g/mol. The number of carbonyl (C=O) groups excluding carboxylic acids is 1. The molecule has 0 radical (unpaired) electrons. The molecule has 0 spiro atoms. The van der Waals surface area contributed by atoms with Crippen molar-refractivity contribution >= 4 is 16.8 Å². The van der Waals surface area contributed by atoms with Crippen molar-refractivity contribution in [3.63, 3.8) is 0 Å². The summed E-state index contributed by atoms with van der Waals surface area (Å²) in [4.78, 5) is 20.6. The number of aryl methyl sites for hydroxylation is 1. The predicted octanol–water partition coefficient (Wildman–Crippen LogP) is 1.18. The molecule has 0 amide bonds. The first-order valence-corrected chi connectivity index (χ1v) is 5.82. The summed E-state index contributed by atoms with van der Waals surface area (Å²) in [5.74, 6) is -0.112. The predicted molar refractivity (Wildman–Crippen MR) is 68.6 cm³/mol. The van der Waals surface area contributed by atoms with E-state index in [1.54, 1.807) is 17.9 Å². The minimum Gasteiger partial charge on any atom is -0.292 e. The van der Waals surface area contributed by atoms with E-state index < -0.39 is 0 Å². The molecule has 6 heteroatoms. The summed E-state index contributed by atoms with van der Waals surface area (Å²) >= 11 is 0. The zero-order valence-electron chi connectivity index (χ0n) is 10.3. The standard InChI is InChI=1S/C13H11N5O/c1-18-8-9(16-17-18)6-13(19)12-7-14-10-4-2-3-5-11(10)15-12/h2-5,7-8H,6H2,1H3. The summed E-state index contributed by atoms with van der Waals surface area (Å²) in [7, 11) is 1.76. The van der Waals surface area contributed by atoms with E-state index in [4.69, 9.17) is 0 Å². The van der Waals surface area contributed by atoms with Gasteiger partial charge in [-0.05, 0) is 12.1 Å². The highest BCUT2D eigenvalue weighted by Crippen LogP contribution is 2.10. The summed E-state index contributed by atoms with van der Waals surface area (Å²) in [5.41, 5.74) is 2.47. The molecular weight excluding hydrogens is 242 g/mol. The number of rotatable bonds is 3. The van der Waals surface area contributed by atoms with Crippen molar-refractivity contribution in [1.29, 1.82) is 0 Å². The van der Waals surface area contributed by atoms with Crippen molar-refractivity contribution in [2.24, 2.45) is 7.05 Å². The Morgan fingerprint density at radius 2 is 2.05 bits per heavy atom. The molecule has 0 aliphatic heterocycles. The van der Waals surface area contributed by atoms with E-state index in [1.807, 2.05) is 24.3 Å². The summed E-state index contributed by atoms with van der Waals surface area (Å²) < 4.78 is 1.56. The number of carbonyl (C=O) groups is 1. The van der Waals surface area contributed by atoms with Gasteiger partial charge in [-0.1, -0.05) is 17.3 Å². The van der Waals surface area contributed by atoms with E-state index in [-0.39, 0.29) is 12.2 Å². The number of nitrogens with zero attached hydrogens (tertiary/aromatic N) is 5. The molecule has 2 heterocycles. The average Bonchev–Trinajstić information content (AvgIpc) is 2.83. The number of hydrogen-bond donors (Lipinski definition) is 0. The van der Waals surface area contributed by atoms with Crippen molar-refractivity contribution in [3.05, 3.63) is 48.0 Å². The summed E-state index contributed by atoms with van der Waals surface area (Å²) in [5, 5.41) is 7.68. The minimum atomic E-state index is -0.112. The third kappa shape index (κ3) is 2.33. The second kappa shape index (κ2) is 4.56. The Hall–Kier alpha value is -2.63. The highest BCUT2D eigenvalue weighted by Gasteiger charge is 2.12. The molecule has 0 bridgehead atoms. The van der Waals surface area contributed by atoms with Gasteiger partial charge in [-0.2, -0.15) is 0 Å². The van der Waals surface area contributed by atoms with Crippen molar-refractivity contribution in [3.8, 4) is 0 Å². The van der Waals surface area contributed by atoms with Crippen molar-refractivity contribution in [2.75, 3.05) is 0 Å². The van der Waals surface area contributed by atoms with Crippen LogP contribution in [0.2, 0.25) is 0 Å². The van der Waals surface area contributed by atoms with Crippen LogP contribution in [0.15, 0.2) is 36.7 Å². The molecule has 0 aliphatic carbocycles. The first-order valence-electron chi connectivity index (χ1n) is 5.82. The Labute approximate surface area is 109 Å². The molecule has 0 saturated carbocycles. The molecule has 0 N–H and O–H groups in total. The molecule has 19 heavy (non-hydrogen) atoms. The fourth-order valence-corrected chi connectivity index (χ4v) is 1.82. The molecule has 3 rings (SSSR count). The number of Topliss-reactive ketones (excluding diaryl/α,β-unsaturated/α-hetero) is 1. The van der Waals surface area contributed by atoms with Crippen molar-refractivity contribution < 1.29 is 4.79 Å². The van der Waals surface area contributed by atoms with Gasteiger partial charge in [0.2, 0.25) is 0 Å². The molecule has 0 aliphatic rings. The van der Waals surface area contributed by atoms with Crippen LogP contribution in [-0.2, 0) is 13.5 Å². The minimum absolute atomic E-state index is 0.112. The van der Waals surface area contributed by atoms with Crippen LogP contribution in [0.4, 0.5) is 0 Å². The third-order valence-corrected chi connectivity index (χ3v) is 2.73. The molecule has 6 nitrogen and oxygen atoms in total. The third-order valence-electron chi connectivity index (χ3n) is 2.73. The Balaban J connectivity index is 1.89. The second-order valence-electron chi connectivity index (χ2n) is 4.23. The summed E-state index contributed by atoms with van der Waals surface area (Å²) in [6.07, 6.45) is 3.40. The van der Waals surface area contributed by atoms with E-state index in [2.05, 4.69) is 20.3 Å². The van der Waals surface area contributed by atoms with E-state index in [9.17, 15) is 4.79 Å². The second-order valence-corrected chi connectivity index (χ2v) is 4.23. The van der Waals surface area contributed by atoms with Crippen LogP contribution in [0.25, 0.3) is 11.0 Å². The Kier molecular flexibility index (Phi) is 2.75. The molecule has 0 fully saturated rings. The van der Waals surface area contributed by atoms with E-state index in [0.29, 0.717) is 16.9 Å². The first kappa shape index (κ1) is 11.5. The van der Waals surface area contributed by atoms with Gasteiger partial charge in [0.05, 0.1) is 29.3 Å². The molecule has 2 aromatic heterocycles. The van der Waals surface area contributed by atoms with Crippen molar-refractivity contribution in [1.82, 2.24) is 25.0 Å². The number of hydrogen-bond acceptors (Lipinski definition) is 5. The number of aromatic nitrogens is 5. The van der Waals surface area contributed by atoms with Gasteiger partial charge in [0, 0.05) is 13.2 Å². The van der Waals surface area contributed by atoms with Gasteiger partial charge in [0.25, 0.3) is 0 Å². The lowest BCUT2D eigenvalue weighted by Gasteiger charge is -2.00. The largest absolute Gasteiger partial charge is 0.292 e. The van der Waals surface area contributed by atoms with Crippen LogP contribution in [0.3, 0.4) is 0 Å². The number of ketones is 1. The number of fused-ring (bicyclic) bond motifs is 1. The Morgan fingerprint density at radius 1 is 1.26 bits per heavy atom. The van der Waals surface area contributed by atoms with Crippen LogP contribution < -0.4 is 0 Å². The molecular formula is C13H11N5O.